The molecule has 0 aliphatic heterocycles. The lowest BCUT2D eigenvalue weighted by molar-refractivity contribution is -0.137. The maximum atomic E-state index is 12.4. The molecule has 0 spiro atoms. The average Bonchev–Trinajstić information content (AvgIpc) is 2.82. The first kappa shape index (κ1) is 14.3. The standard InChI is InChI=1S/C14H12F3NO2/c1-9-8-12(18-20-9)13(19)7-4-10-2-5-11(6-3-10)14(15,16)17/h2-3,5-6,8H,4,7H2,1H3. The zero-order valence-corrected chi connectivity index (χ0v) is 10.7. The number of rotatable bonds is 4. The molecule has 0 aliphatic carbocycles. The summed E-state index contributed by atoms with van der Waals surface area (Å²) in [4.78, 5) is 11.8. The van der Waals surface area contributed by atoms with Gasteiger partial charge in [-0.2, -0.15) is 13.2 Å². The zero-order chi connectivity index (χ0) is 14.8. The van der Waals surface area contributed by atoms with Gasteiger partial charge in [0.15, 0.2) is 5.78 Å². The van der Waals surface area contributed by atoms with E-state index >= 15 is 0 Å². The van der Waals surface area contributed by atoms with Gasteiger partial charge in [-0.05, 0) is 31.0 Å². The first-order valence-corrected chi connectivity index (χ1v) is 5.99. The molecule has 0 aliphatic rings. The molecule has 3 nitrogen and oxygen atoms in total. The Kier molecular flexibility index (Phi) is 3.92. The Balaban J connectivity index is 1.96. The molecule has 0 bridgehead atoms. The van der Waals surface area contributed by atoms with Crippen LogP contribution < -0.4 is 0 Å². The van der Waals surface area contributed by atoms with Gasteiger partial charge in [-0.25, -0.2) is 0 Å². The number of hydrogen-bond acceptors (Lipinski definition) is 3. The lowest BCUT2D eigenvalue weighted by Crippen LogP contribution is -2.05. The molecular weight excluding hydrogens is 271 g/mol. The summed E-state index contributed by atoms with van der Waals surface area (Å²) in [6.45, 7) is 1.68. The second-order valence-corrected chi connectivity index (χ2v) is 4.44. The third-order valence-corrected chi connectivity index (χ3v) is 2.84. The monoisotopic (exact) mass is 283 g/mol. The maximum absolute atomic E-state index is 12.4. The first-order valence-electron chi connectivity index (χ1n) is 5.99. The largest absolute Gasteiger partial charge is 0.416 e. The molecule has 0 fully saturated rings. The van der Waals surface area contributed by atoms with Gasteiger partial charge in [0.1, 0.15) is 11.5 Å². The van der Waals surface area contributed by atoms with Gasteiger partial charge < -0.3 is 4.52 Å². The van der Waals surface area contributed by atoms with Crippen LogP contribution >= 0.6 is 0 Å². The molecule has 2 rings (SSSR count). The van der Waals surface area contributed by atoms with Crippen molar-refractivity contribution in [3.8, 4) is 0 Å². The Morgan fingerprint density at radius 1 is 1.25 bits per heavy atom. The first-order chi connectivity index (χ1) is 9.36. The lowest BCUT2D eigenvalue weighted by atomic mass is 10.0. The van der Waals surface area contributed by atoms with E-state index in [4.69, 9.17) is 4.52 Å². The molecule has 0 saturated heterocycles. The smallest absolute Gasteiger partial charge is 0.361 e. The Hall–Kier alpha value is -2.11. The van der Waals surface area contributed by atoms with Gasteiger partial charge in [-0.1, -0.05) is 17.3 Å². The van der Waals surface area contributed by atoms with Gasteiger partial charge in [0.2, 0.25) is 0 Å². The van der Waals surface area contributed by atoms with Gasteiger partial charge in [0.25, 0.3) is 0 Å². The molecule has 0 N–H and O–H groups in total. The number of nitrogens with zero attached hydrogens (tertiary/aromatic N) is 1. The molecular formula is C14H12F3NO2. The van der Waals surface area contributed by atoms with Gasteiger partial charge in [0, 0.05) is 12.5 Å². The molecule has 20 heavy (non-hydrogen) atoms. The summed E-state index contributed by atoms with van der Waals surface area (Å²) in [5.74, 6) is 0.352. The van der Waals surface area contributed by atoms with E-state index in [0.717, 1.165) is 12.1 Å². The van der Waals surface area contributed by atoms with Crippen LogP contribution in [0.5, 0.6) is 0 Å². The number of Topliss-reactive ketones (excluding diaryl/α,β-unsaturated/α-hetero) is 1. The van der Waals surface area contributed by atoms with E-state index in [1.807, 2.05) is 0 Å². The number of benzene rings is 1. The van der Waals surface area contributed by atoms with Crippen LogP contribution in [-0.4, -0.2) is 10.9 Å². The van der Waals surface area contributed by atoms with Crippen molar-refractivity contribution in [3.05, 3.63) is 52.9 Å². The average molecular weight is 283 g/mol. The molecule has 0 radical (unpaired) electrons. The number of hydrogen-bond donors (Lipinski definition) is 0. The summed E-state index contributed by atoms with van der Waals surface area (Å²) in [5, 5.41) is 3.60. The quantitative estimate of drug-likeness (QED) is 0.801. The number of alkyl halides is 3. The number of aryl methyl sites for hydroxylation is 2. The van der Waals surface area contributed by atoms with Gasteiger partial charge in [0.05, 0.1) is 5.56 Å². The highest BCUT2D eigenvalue weighted by Crippen LogP contribution is 2.29. The zero-order valence-electron chi connectivity index (χ0n) is 10.7. The van der Waals surface area contributed by atoms with E-state index in [0.29, 0.717) is 17.7 Å². The predicted molar refractivity (Wildman–Crippen MR) is 65.3 cm³/mol. The summed E-state index contributed by atoms with van der Waals surface area (Å²) in [6.07, 6.45) is -3.80. The fourth-order valence-electron chi connectivity index (χ4n) is 1.74. The minimum Gasteiger partial charge on any atom is -0.361 e. The minimum atomic E-state index is -4.34. The molecule has 1 heterocycles. The predicted octanol–water partition coefficient (Wildman–Crippen LogP) is 3.82. The van der Waals surface area contributed by atoms with Crippen molar-refractivity contribution in [2.24, 2.45) is 0 Å². The molecule has 6 heteroatoms. The van der Waals surface area contributed by atoms with Crippen LogP contribution in [0.4, 0.5) is 13.2 Å². The van der Waals surface area contributed by atoms with Gasteiger partial charge >= 0.3 is 6.18 Å². The van der Waals surface area contributed by atoms with Crippen molar-refractivity contribution in [2.45, 2.75) is 25.9 Å². The van der Waals surface area contributed by atoms with Crippen LogP contribution in [-0.2, 0) is 12.6 Å². The van der Waals surface area contributed by atoms with Crippen molar-refractivity contribution < 1.29 is 22.5 Å². The van der Waals surface area contributed by atoms with E-state index in [2.05, 4.69) is 5.16 Å². The van der Waals surface area contributed by atoms with E-state index < -0.39 is 11.7 Å². The van der Waals surface area contributed by atoms with Crippen molar-refractivity contribution in [1.29, 1.82) is 0 Å². The van der Waals surface area contributed by atoms with E-state index in [1.165, 1.54) is 18.2 Å². The summed E-state index contributed by atoms with van der Waals surface area (Å²) in [6, 6.07) is 6.32. The van der Waals surface area contributed by atoms with Gasteiger partial charge in [-0.3, -0.25) is 4.79 Å². The van der Waals surface area contributed by atoms with E-state index in [1.54, 1.807) is 6.92 Å². The summed E-state index contributed by atoms with van der Waals surface area (Å²) in [5.41, 5.74) is 0.223. The third kappa shape index (κ3) is 3.46. The topological polar surface area (TPSA) is 43.1 Å². The Morgan fingerprint density at radius 3 is 2.40 bits per heavy atom. The van der Waals surface area contributed by atoms with E-state index in [9.17, 15) is 18.0 Å². The van der Waals surface area contributed by atoms with E-state index in [-0.39, 0.29) is 17.9 Å². The summed E-state index contributed by atoms with van der Waals surface area (Å²) in [7, 11) is 0. The fourth-order valence-corrected chi connectivity index (χ4v) is 1.74. The second-order valence-electron chi connectivity index (χ2n) is 4.44. The SMILES string of the molecule is Cc1cc(C(=O)CCc2ccc(C(F)(F)F)cc2)no1. The van der Waals surface area contributed by atoms with Crippen molar-refractivity contribution in [2.75, 3.05) is 0 Å². The maximum Gasteiger partial charge on any atom is 0.416 e. The normalized spacial score (nSPS) is 11.6. The van der Waals surface area contributed by atoms with Crippen LogP contribution in [0.25, 0.3) is 0 Å². The van der Waals surface area contributed by atoms with Crippen LogP contribution in [0.15, 0.2) is 34.9 Å². The van der Waals surface area contributed by atoms with Crippen molar-refractivity contribution in [3.63, 3.8) is 0 Å². The number of ketones is 1. The number of carbonyl (C=O) groups excluding carboxylic acids is 1. The molecule has 1 aromatic carbocycles. The minimum absolute atomic E-state index is 0.178. The van der Waals surface area contributed by atoms with Crippen molar-refractivity contribution in [1.82, 2.24) is 5.16 Å². The lowest BCUT2D eigenvalue weighted by Gasteiger charge is -2.07. The molecule has 1 aromatic heterocycles. The molecule has 0 atom stereocenters. The molecule has 0 amide bonds. The molecule has 0 saturated carbocycles. The van der Waals surface area contributed by atoms with Crippen LogP contribution in [0.2, 0.25) is 0 Å². The number of aromatic nitrogens is 1. The highest BCUT2D eigenvalue weighted by Gasteiger charge is 2.29. The molecule has 2 aromatic rings. The highest BCUT2D eigenvalue weighted by molar-refractivity contribution is 5.94. The Bertz CT molecular complexity index is 600. The van der Waals surface area contributed by atoms with Gasteiger partial charge in [-0.15, -0.1) is 0 Å². The third-order valence-electron chi connectivity index (χ3n) is 2.84. The van der Waals surface area contributed by atoms with Crippen LogP contribution in [0.1, 0.15) is 33.8 Å². The fraction of sp³-hybridized carbons (Fsp3) is 0.286. The molecule has 106 valence electrons. The van der Waals surface area contributed by atoms with Crippen LogP contribution in [0.3, 0.4) is 0 Å². The summed E-state index contributed by atoms with van der Waals surface area (Å²) < 4.78 is 41.9. The Labute approximate surface area is 113 Å². The highest BCUT2D eigenvalue weighted by atomic mass is 19.4. The number of carbonyl (C=O) groups is 1. The van der Waals surface area contributed by atoms with Crippen molar-refractivity contribution >= 4 is 5.78 Å². The van der Waals surface area contributed by atoms with Crippen LogP contribution in [0, 0.1) is 6.92 Å². The Morgan fingerprint density at radius 2 is 1.90 bits per heavy atom. The second kappa shape index (κ2) is 5.48. The number of halogens is 3. The summed E-state index contributed by atoms with van der Waals surface area (Å²) >= 11 is 0. The molecule has 0 unspecified atom stereocenters.